The van der Waals surface area contributed by atoms with Gasteiger partial charge in [-0.05, 0) is 75.5 Å². The third kappa shape index (κ3) is 6.18. The Bertz CT molecular complexity index is 1180. The highest BCUT2D eigenvalue weighted by atomic mass is 127. The van der Waals surface area contributed by atoms with Gasteiger partial charge in [0.25, 0.3) is 0 Å². The Hall–Kier alpha value is -1.95. The summed E-state index contributed by atoms with van der Waals surface area (Å²) in [6, 6.07) is 18.8. The molecule has 3 atom stereocenters. The lowest BCUT2D eigenvalue weighted by Crippen LogP contribution is -2.26. The molecule has 176 valence electrons. The van der Waals surface area contributed by atoms with Gasteiger partial charge in [-0.1, -0.05) is 35.9 Å². The van der Waals surface area contributed by atoms with Crippen molar-refractivity contribution in [3.8, 4) is 11.9 Å². The summed E-state index contributed by atoms with van der Waals surface area (Å²) in [4.78, 5) is 6.54. The molecular weight excluding hydrogens is 584 g/mol. The number of aliphatic hydroxyl groups excluding tert-OH is 1. The van der Waals surface area contributed by atoms with E-state index in [1.165, 1.54) is 0 Å². The van der Waals surface area contributed by atoms with Gasteiger partial charge in [-0.15, -0.1) is 0 Å². The number of halogens is 2. The van der Waals surface area contributed by atoms with Gasteiger partial charge in [-0.3, -0.25) is 0 Å². The standard InChI is InChI=1S/C25H24ClIN3O3P/c26-22-5-2-10-29-25(22)33-21-8-11-30(16-21)23-7-6-20(14-18(23)9-12-32-34-27)24(31)19-4-1-3-17(13-19)15-28/h1-7,10,13-14,21,24,31,34H,8-9,11-12,16H2. The van der Waals surface area contributed by atoms with Crippen molar-refractivity contribution < 1.29 is 14.4 Å². The monoisotopic (exact) mass is 607 g/mol. The lowest BCUT2D eigenvalue weighted by Gasteiger charge is -2.24. The second-order valence-corrected chi connectivity index (χ2v) is 10.1. The van der Waals surface area contributed by atoms with E-state index in [0.29, 0.717) is 35.1 Å². The van der Waals surface area contributed by atoms with Crippen molar-refractivity contribution in [2.24, 2.45) is 0 Å². The molecule has 1 aromatic heterocycles. The van der Waals surface area contributed by atoms with Gasteiger partial charge < -0.3 is 19.3 Å². The van der Waals surface area contributed by atoms with E-state index in [9.17, 15) is 10.4 Å². The quantitative estimate of drug-likeness (QED) is 0.187. The zero-order valence-corrected chi connectivity index (χ0v) is 22.2. The third-order valence-corrected chi connectivity index (χ3v) is 7.30. The number of benzene rings is 2. The molecule has 0 bridgehead atoms. The van der Waals surface area contributed by atoms with Gasteiger partial charge in [0, 0.05) is 24.8 Å². The summed E-state index contributed by atoms with van der Waals surface area (Å²) in [6.07, 6.45) is 2.46. The predicted molar refractivity (Wildman–Crippen MR) is 144 cm³/mol. The number of rotatable bonds is 9. The van der Waals surface area contributed by atoms with Crippen LogP contribution in [0.1, 0.15) is 34.8 Å². The first-order valence-corrected chi connectivity index (χ1v) is 15.3. The Kier molecular flexibility index (Phi) is 8.98. The summed E-state index contributed by atoms with van der Waals surface area (Å²) >= 11 is 8.43. The van der Waals surface area contributed by atoms with Crippen LogP contribution in [0.4, 0.5) is 5.69 Å². The minimum atomic E-state index is -0.811. The van der Waals surface area contributed by atoms with Gasteiger partial charge in [0.1, 0.15) is 17.2 Å². The molecule has 2 heterocycles. The molecule has 1 saturated heterocycles. The van der Waals surface area contributed by atoms with Crippen molar-refractivity contribution in [3.63, 3.8) is 0 Å². The molecule has 9 heteroatoms. The van der Waals surface area contributed by atoms with Crippen LogP contribution in [0.5, 0.6) is 5.88 Å². The smallest absolute Gasteiger partial charge is 0.232 e. The van der Waals surface area contributed by atoms with Gasteiger partial charge in [-0.25, -0.2) is 4.98 Å². The van der Waals surface area contributed by atoms with Crippen molar-refractivity contribution in [3.05, 3.63) is 88.1 Å². The highest BCUT2D eigenvalue weighted by Gasteiger charge is 2.27. The summed E-state index contributed by atoms with van der Waals surface area (Å²) in [5.41, 5.74) is 4.24. The molecule has 1 aliphatic heterocycles. The average molecular weight is 608 g/mol. The molecule has 0 spiro atoms. The van der Waals surface area contributed by atoms with E-state index in [2.05, 4.69) is 44.1 Å². The van der Waals surface area contributed by atoms with Gasteiger partial charge in [0.2, 0.25) is 5.88 Å². The Morgan fingerprint density at radius 2 is 2.09 bits per heavy atom. The maximum Gasteiger partial charge on any atom is 0.232 e. The van der Waals surface area contributed by atoms with E-state index in [1.807, 2.05) is 18.2 Å². The van der Waals surface area contributed by atoms with Crippen LogP contribution in [0.25, 0.3) is 0 Å². The van der Waals surface area contributed by atoms with Crippen molar-refractivity contribution >= 4 is 45.8 Å². The average Bonchev–Trinajstić information content (AvgIpc) is 3.33. The normalized spacial score (nSPS) is 16.6. The van der Waals surface area contributed by atoms with Crippen LogP contribution in [-0.4, -0.2) is 35.9 Å². The predicted octanol–water partition coefficient (Wildman–Crippen LogP) is 5.85. The molecule has 1 fully saturated rings. The largest absolute Gasteiger partial charge is 0.471 e. The maximum atomic E-state index is 11.0. The first-order chi connectivity index (χ1) is 16.6. The fraction of sp³-hybridized carbons (Fsp3) is 0.280. The van der Waals surface area contributed by atoms with Crippen LogP contribution in [0.3, 0.4) is 0 Å². The van der Waals surface area contributed by atoms with Crippen LogP contribution in [0.2, 0.25) is 5.02 Å². The van der Waals surface area contributed by atoms with Gasteiger partial charge in [0.15, 0.2) is 0 Å². The fourth-order valence-corrected chi connectivity index (χ4v) is 5.12. The molecule has 0 aliphatic carbocycles. The summed E-state index contributed by atoms with van der Waals surface area (Å²) < 4.78 is 11.7. The number of pyridine rings is 1. The number of aliphatic hydroxyl groups is 1. The van der Waals surface area contributed by atoms with Gasteiger partial charge >= 0.3 is 0 Å². The molecule has 0 saturated carbocycles. The SMILES string of the molecule is N#Cc1cccc(C(O)c2ccc(N3CCC(Oc4ncccc4Cl)C3)c(CCOPI)c2)c1. The number of hydrogen-bond acceptors (Lipinski definition) is 6. The molecule has 1 N–H and O–H groups in total. The molecule has 3 aromatic rings. The lowest BCUT2D eigenvalue weighted by molar-refractivity contribution is 0.216. The summed E-state index contributed by atoms with van der Waals surface area (Å²) in [5.74, 6) is 0.464. The second kappa shape index (κ2) is 12.1. The number of aromatic nitrogens is 1. The van der Waals surface area contributed by atoms with E-state index in [4.69, 9.17) is 20.9 Å². The van der Waals surface area contributed by atoms with E-state index in [1.54, 1.807) is 36.5 Å². The molecule has 2 aromatic carbocycles. The van der Waals surface area contributed by atoms with E-state index in [-0.39, 0.29) is 6.10 Å². The molecule has 3 unspecified atom stereocenters. The molecule has 34 heavy (non-hydrogen) atoms. The molecule has 0 radical (unpaired) electrons. The molecule has 4 rings (SSSR count). The summed E-state index contributed by atoms with van der Waals surface area (Å²) in [6.45, 7) is 2.58. The van der Waals surface area contributed by atoms with Gasteiger partial charge in [0.05, 0.1) is 31.2 Å². The topological polar surface area (TPSA) is 78.6 Å². The number of anilines is 1. The second-order valence-electron chi connectivity index (χ2n) is 7.97. The number of nitrogens with zero attached hydrogens (tertiary/aromatic N) is 3. The van der Waals surface area contributed by atoms with E-state index < -0.39 is 6.10 Å². The Morgan fingerprint density at radius 3 is 2.88 bits per heavy atom. The van der Waals surface area contributed by atoms with Crippen LogP contribution in [-0.2, 0) is 10.9 Å². The maximum absolute atomic E-state index is 11.0. The van der Waals surface area contributed by atoms with Crippen molar-refractivity contribution in [2.45, 2.75) is 25.0 Å². The lowest BCUT2D eigenvalue weighted by atomic mass is 9.96. The summed E-state index contributed by atoms with van der Waals surface area (Å²) in [5, 5.41) is 20.7. The van der Waals surface area contributed by atoms with E-state index >= 15 is 0 Å². The first kappa shape index (κ1) is 25.2. The Balaban J connectivity index is 1.54. The highest BCUT2D eigenvalue weighted by Crippen LogP contribution is 2.33. The van der Waals surface area contributed by atoms with Gasteiger partial charge in [-0.2, -0.15) is 5.26 Å². The number of nitriles is 1. The summed E-state index contributed by atoms with van der Waals surface area (Å²) in [7, 11) is 0. The highest BCUT2D eigenvalue weighted by molar-refractivity contribution is 14.2. The Labute approximate surface area is 219 Å². The molecule has 0 amide bonds. The zero-order valence-electron chi connectivity index (χ0n) is 18.3. The van der Waals surface area contributed by atoms with Crippen molar-refractivity contribution in [1.29, 1.82) is 5.26 Å². The van der Waals surface area contributed by atoms with Crippen LogP contribution < -0.4 is 9.64 Å². The molecule has 6 nitrogen and oxygen atoms in total. The van der Waals surface area contributed by atoms with Crippen LogP contribution >= 0.6 is 40.1 Å². The minimum Gasteiger partial charge on any atom is -0.471 e. The number of hydrogen-bond donors (Lipinski definition) is 1. The molecular formula is C25H24ClIN3O3P. The van der Waals surface area contributed by atoms with Crippen molar-refractivity contribution in [2.75, 3.05) is 24.6 Å². The number of ether oxygens (including phenoxy) is 1. The Morgan fingerprint density at radius 1 is 1.24 bits per heavy atom. The van der Waals surface area contributed by atoms with Crippen LogP contribution in [0.15, 0.2) is 60.8 Å². The first-order valence-electron chi connectivity index (χ1n) is 10.9. The van der Waals surface area contributed by atoms with E-state index in [0.717, 1.165) is 42.7 Å². The van der Waals surface area contributed by atoms with Crippen molar-refractivity contribution in [1.82, 2.24) is 4.98 Å². The zero-order chi connectivity index (χ0) is 23.9. The molecule has 1 aliphatic rings. The van der Waals surface area contributed by atoms with Crippen LogP contribution in [0, 0.1) is 11.3 Å². The minimum absolute atomic E-state index is 0.00804. The fourth-order valence-electron chi connectivity index (χ4n) is 4.11. The third-order valence-electron chi connectivity index (χ3n) is 5.77.